The lowest BCUT2D eigenvalue weighted by molar-refractivity contribution is 0.0861. The predicted molar refractivity (Wildman–Crippen MR) is 79.0 cm³/mol. The van der Waals surface area contributed by atoms with Crippen molar-refractivity contribution in [1.82, 2.24) is 20.0 Å². The van der Waals surface area contributed by atoms with Crippen LogP contribution in [0.3, 0.4) is 0 Å². The summed E-state index contributed by atoms with van der Waals surface area (Å²) in [4.78, 5) is 0. The van der Waals surface area contributed by atoms with Crippen molar-refractivity contribution in [3.63, 3.8) is 0 Å². The molecule has 2 aromatic heterocycles. The molecule has 1 aliphatic heterocycles. The Balaban J connectivity index is 0.000000774. The molecule has 0 aliphatic carbocycles. The van der Waals surface area contributed by atoms with E-state index in [2.05, 4.69) is 15.3 Å². The fraction of sp³-hybridized carbons (Fsp3) is 0.667. The smallest absolute Gasteiger partial charge is 0.245 e. The Hall–Kier alpha value is -1.69. The van der Waals surface area contributed by atoms with Crippen LogP contribution in [0.2, 0.25) is 0 Å². The zero-order valence-corrected chi connectivity index (χ0v) is 13.5. The van der Waals surface area contributed by atoms with Gasteiger partial charge in [0.1, 0.15) is 11.6 Å². The largest absolute Gasteiger partial charge is 0.420 e. The molecule has 0 spiro atoms. The monoisotopic (exact) mass is 292 g/mol. The molecule has 3 heterocycles. The normalized spacial score (nSPS) is 18.4. The Morgan fingerprint density at radius 1 is 1.29 bits per heavy atom. The molecule has 0 saturated carbocycles. The second kappa shape index (κ2) is 6.39. The van der Waals surface area contributed by atoms with E-state index in [-0.39, 0.29) is 6.10 Å². The molecular weight excluding hydrogens is 268 g/mol. The van der Waals surface area contributed by atoms with Gasteiger partial charge >= 0.3 is 0 Å². The maximum Gasteiger partial charge on any atom is 0.245 e. The van der Waals surface area contributed by atoms with Gasteiger partial charge in [0.05, 0.1) is 6.20 Å². The minimum absolute atomic E-state index is 0.0450. The zero-order valence-electron chi connectivity index (χ0n) is 13.5. The van der Waals surface area contributed by atoms with E-state index in [0.717, 1.165) is 25.0 Å². The first-order chi connectivity index (χ1) is 10.1. The average molecular weight is 292 g/mol. The van der Waals surface area contributed by atoms with Crippen LogP contribution in [0.5, 0.6) is 0 Å². The van der Waals surface area contributed by atoms with Gasteiger partial charge < -0.3 is 9.15 Å². The van der Waals surface area contributed by atoms with Crippen molar-refractivity contribution in [2.24, 2.45) is 0 Å². The first kappa shape index (κ1) is 15.7. The molecule has 1 aliphatic rings. The number of ether oxygens (including phenoxy) is 1. The van der Waals surface area contributed by atoms with Gasteiger partial charge in [0.2, 0.25) is 11.8 Å². The van der Waals surface area contributed by atoms with E-state index in [1.807, 2.05) is 51.7 Å². The highest BCUT2D eigenvalue weighted by molar-refractivity contribution is 5.07. The second-order valence-electron chi connectivity index (χ2n) is 5.47. The average Bonchev–Trinajstić information content (AvgIpc) is 3.21. The van der Waals surface area contributed by atoms with Gasteiger partial charge in [-0.25, -0.2) is 0 Å². The van der Waals surface area contributed by atoms with Gasteiger partial charge in [-0.2, -0.15) is 5.10 Å². The van der Waals surface area contributed by atoms with Crippen LogP contribution in [-0.4, -0.2) is 26.6 Å². The third-order valence-corrected chi connectivity index (χ3v) is 3.45. The molecule has 0 bridgehead atoms. The van der Waals surface area contributed by atoms with Crippen molar-refractivity contribution >= 4 is 0 Å². The van der Waals surface area contributed by atoms with E-state index in [1.165, 1.54) is 0 Å². The van der Waals surface area contributed by atoms with Crippen molar-refractivity contribution in [1.29, 1.82) is 0 Å². The summed E-state index contributed by atoms with van der Waals surface area (Å²) in [6.45, 7) is 10.8. The van der Waals surface area contributed by atoms with Gasteiger partial charge in [0.15, 0.2) is 0 Å². The molecule has 1 saturated heterocycles. The van der Waals surface area contributed by atoms with Gasteiger partial charge in [0.25, 0.3) is 0 Å². The third kappa shape index (κ3) is 3.15. The Bertz CT molecular complexity index is 568. The molecule has 1 unspecified atom stereocenters. The van der Waals surface area contributed by atoms with Gasteiger partial charge in [-0.05, 0) is 39.2 Å². The molecule has 1 atom stereocenters. The lowest BCUT2D eigenvalue weighted by Gasteiger charge is -2.20. The van der Waals surface area contributed by atoms with Crippen molar-refractivity contribution in [2.75, 3.05) is 6.61 Å². The Morgan fingerprint density at radius 3 is 2.62 bits per heavy atom. The topological polar surface area (TPSA) is 66.0 Å². The van der Waals surface area contributed by atoms with Crippen molar-refractivity contribution in [2.45, 2.75) is 59.1 Å². The highest BCUT2D eigenvalue weighted by Gasteiger charge is 2.32. The number of hydrogen-bond donors (Lipinski definition) is 0. The summed E-state index contributed by atoms with van der Waals surface area (Å²) in [6.07, 6.45) is 5.73. The van der Waals surface area contributed by atoms with Gasteiger partial charge in [-0.3, -0.25) is 4.68 Å². The molecule has 0 radical (unpaired) electrons. The highest BCUT2D eigenvalue weighted by Crippen LogP contribution is 2.30. The fourth-order valence-corrected chi connectivity index (χ4v) is 2.20. The van der Waals surface area contributed by atoms with E-state index >= 15 is 0 Å². The summed E-state index contributed by atoms with van der Waals surface area (Å²) in [5.41, 5.74) is 0.643. The molecule has 0 aromatic carbocycles. The maximum atomic E-state index is 5.79. The number of nitrogens with zero attached hydrogens (tertiary/aromatic N) is 4. The van der Waals surface area contributed by atoms with Crippen LogP contribution in [-0.2, 0) is 10.3 Å². The van der Waals surface area contributed by atoms with E-state index in [4.69, 9.17) is 9.15 Å². The molecule has 6 nitrogen and oxygen atoms in total. The summed E-state index contributed by atoms with van der Waals surface area (Å²) in [5, 5.41) is 12.6. The molecule has 3 rings (SSSR count). The van der Waals surface area contributed by atoms with Crippen LogP contribution in [0.4, 0.5) is 0 Å². The van der Waals surface area contributed by atoms with Crippen LogP contribution in [0.15, 0.2) is 16.8 Å². The summed E-state index contributed by atoms with van der Waals surface area (Å²) >= 11 is 0. The van der Waals surface area contributed by atoms with Crippen LogP contribution < -0.4 is 0 Å². The molecule has 0 N–H and O–H groups in total. The van der Waals surface area contributed by atoms with E-state index in [0.29, 0.717) is 11.8 Å². The van der Waals surface area contributed by atoms with Crippen molar-refractivity contribution in [3.8, 4) is 0 Å². The molecule has 21 heavy (non-hydrogen) atoms. The minimum atomic E-state index is -0.460. The van der Waals surface area contributed by atoms with Crippen LogP contribution >= 0.6 is 0 Å². The van der Waals surface area contributed by atoms with Gasteiger partial charge in [0, 0.05) is 12.8 Å². The van der Waals surface area contributed by atoms with E-state index < -0.39 is 5.54 Å². The Labute approximate surface area is 125 Å². The van der Waals surface area contributed by atoms with Crippen LogP contribution in [0, 0.1) is 6.92 Å². The van der Waals surface area contributed by atoms with Gasteiger partial charge in [-0.15, -0.1) is 10.2 Å². The summed E-state index contributed by atoms with van der Waals surface area (Å²) in [7, 11) is 0. The van der Waals surface area contributed by atoms with Crippen LogP contribution in [0.25, 0.3) is 0 Å². The quantitative estimate of drug-likeness (QED) is 0.869. The first-order valence-corrected chi connectivity index (χ1v) is 7.54. The van der Waals surface area contributed by atoms with Crippen molar-refractivity contribution < 1.29 is 9.15 Å². The van der Waals surface area contributed by atoms with Gasteiger partial charge in [-0.1, -0.05) is 13.8 Å². The van der Waals surface area contributed by atoms with E-state index in [1.54, 1.807) is 0 Å². The third-order valence-electron chi connectivity index (χ3n) is 3.45. The lowest BCUT2D eigenvalue weighted by Crippen LogP contribution is -2.28. The molecule has 6 heteroatoms. The maximum absolute atomic E-state index is 5.79. The Kier molecular flexibility index (Phi) is 4.77. The predicted octanol–water partition coefficient (Wildman–Crippen LogP) is 3.24. The molecule has 2 aromatic rings. The lowest BCUT2D eigenvalue weighted by atomic mass is 10.1. The second-order valence-corrected chi connectivity index (χ2v) is 5.47. The summed E-state index contributed by atoms with van der Waals surface area (Å²) in [6, 6.07) is 0. The minimum Gasteiger partial charge on any atom is -0.420 e. The van der Waals surface area contributed by atoms with Crippen molar-refractivity contribution in [3.05, 3.63) is 29.7 Å². The number of hydrogen-bond acceptors (Lipinski definition) is 5. The number of aryl methyl sites for hydroxylation is 1. The van der Waals surface area contributed by atoms with Crippen LogP contribution in [0.1, 0.15) is 64.0 Å². The molecule has 1 fully saturated rings. The number of aromatic nitrogens is 4. The number of rotatable bonds is 3. The SMILES string of the molecule is CC.Cc1cnn(C(C)(C)c2nnc(C3CCCO3)o2)c1. The summed E-state index contributed by atoms with van der Waals surface area (Å²) < 4.78 is 13.2. The molecular formula is C15H24N4O2. The first-order valence-electron chi connectivity index (χ1n) is 7.54. The van der Waals surface area contributed by atoms with E-state index in [9.17, 15) is 0 Å². The highest BCUT2D eigenvalue weighted by atomic mass is 16.5. The molecule has 0 amide bonds. The summed E-state index contributed by atoms with van der Waals surface area (Å²) in [5.74, 6) is 1.13. The standard InChI is InChI=1S/C13H18N4O2.C2H6/c1-9-7-14-17(8-9)13(2,3)12-16-15-11(19-12)10-5-4-6-18-10;1-2/h7-8,10H,4-6H2,1-3H3;1-2H3. The fourth-order valence-electron chi connectivity index (χ4n) is 2.20. The zero-order chi connectivity index (χ0) is 15.5. The Morgan fingerprint density at radius 2 is 2.05 bits per heavy atom. The molecule has 116 valence electrons.